The fraction of sp³-hybridized carbons (Fsp3) is 0.0769. The minimum Gasteiger partial charge on any atom is -0.454 e. The first-order chi connectivity index (χ1) is 17.5. The van der Waals surface area contributed by atoms with Gasteiger partial charge in [0, 0.05) is 22.2 Å². The highest BCUT2D eigenvalue weighted by Crippen LogP contribution is 2.36. The van der Waals surface area contributed by atoms with Crippen LogP contribution < -0.4 is 21.1 Å². The van der Waals surface area contributed by atoms with Crippen LogP contribution in [0, 0.1) is 0 Å². The average Bonchev–Trinajstić information content (AvgIpc) is 3.31. The number of hydrogen-bond acceptors (Lipinski definition) is 7. The second-order valence-electron chi connectivity index (χ2n) is 7.88. The number of rotatable bonds is 6. The van der Waals surface area contributed by atoms with Crippen LogP contribution in [0.15, 0.2) is 72.9 Å². The van der Waals surface area contributed by atoms with Crippen LogP contribution in [-0.4, -0.2) is 22.9 Å². The van der Waals surface area contributed by atoms with Gasteiger partial charge in [0.25, 0.3) is 11.8 Å². The smallest absolute Gasteiger partial charge is 0.404 e. The fourth-order valence-electron chi connectivity index (χ4n) is 3.60. The molecule has 9 nitrogen and oxygen atoms in total. The van der Waals surface area contributed by atoms with E-state index in [0.29, 0.717) is 34.9 Å². The van der Waals surface area contributed by atoms with Gasteiger partial charge in [-0.05, 0) is 35.9 Å². The highest BCUT2D eigenvalue weighted by molar-refractivity contribution is 7.15. The first-order valence-electron chi connectivity index (χ1n) is 10.9. The van der Waals surface area contributed by atoms with Crippen molar-refractivity contribution in [2.75, 3.05) is 5.32 Å². The zero-order chi connectivity index (χ0) is 25.1. The molecule has 0 atom stereocenters. The van der Waals surface area contributed by atoms with Crippen molar-refractivity contribution in [3.63, 3.8) is 0 Å². The van der Waals surface area contributed by atoms with Gasteiger partial charge in [0.1, 0.15) is 17.4 Å². The number of para-hydroxylation sites is 1. The van der Waals surface area contributed by atoms with Gasteiger partial charge in [-0.15, -0.1) is 11.3 Å². The molecule has 2 heterocycles. The molecule has 180 valence electrons. The van der Waals surface area contributed by atoms with Gasteiger partial charge in [-0.3, -0.25) is 9.59 Å². The molecule has 1 aromatic heterocycles. The number of carbonyl (C=O) groups excluding carboxylic acids is 3. The maximum absolute atomic E-state index is 12.8. The summed E-state index contributed by atoms with van der Waals surface area (Å²) in [6, 6.07) is 19.3. The number of fused-ring (bicyclic) bond motifs is 2. The monoisotopic (exact) mass is 500 g/mol. The van der Waals surface area contributed by atoms with E-state index in [1.165, 1.54) is 11.3 Å². The Labute approximate surface area is 209 Å². The normalized spacial score (nSPS) is 11.8. The van der Waals surface area contributed by atoms with Gasteiger partial charge in [0.2, 0.25) is 0 Å². The Balaban J connectivity index is 1.22. The van der Waals surface area contributed by atoms with Gasteiger partial charge in [-0.2, -0.15) is 0 Å². The number of hydrogen-bond donors (Lipinski definition) is 3. The van der Waals surface area contributed by atoms with E-state index in [2.05, 4.69) is 15.6 Å². The van der Waals surface area contributed by atoms with Crippen molar-refractivity contribution in [2.45, 2.75) is 13.2 Å². The van der Waals surface area contributed by atoms with Crippen molar-refractivity contribution < 1.29 is 23.9 Å². The van der Waals surface area contributed by atoms with Gasteiger partial charge >= 0.3 is 6.09 Å². The molecule has 3 aromatic carbocycles. The Bertz CT molecular complexity index is 1470. The molecule has 36 heavy (non-hydrogen) atoms. The van der Waals surface area contributed by atoms with Crippen molar-refractivity contribution in [1.29, 1.82) is 0 Å². The minimum atomic E-state index is -0.819. The van der Waals surface area contributed by atoms with Crippen LogP contribution in [0.1, 0.15) is 31.2 Å². The Morgan fingerprint density at radius 3 is 2.67 bits per heavy atom. The molecule has 5 rings (SSSR count). The van der Waals surface area contributed by atoms with Gasteiger partial charge < -0.3 is 25.8 Å². The lowest BCUT2D eigenvalue weighted by Crippen LogP contribution is -2.22. The number of primary amides is 1. The predicted octanol–water partition coefficient (Wildman–Crippen LogP) is 4.69. The summed E-state index contributed by atoms with van der Waals surface area (Å²) in [5.41, 5.74) is 7.95. The number of aromatic nitrogens is 1. The molecule has 1 aliphatic heterocycles. The molecule has 0 aliphatic carbocycles. The molecule has 0 fully saturated rings. The number of nitrogens with two attached hydrogens (primary N) is 1. The SMILES string of the molecule is NC(=O)OCc1ccc(-c2ncc(CNC(=O)c3ccc4c(c3)NC(=O)c3ccccc3O4)s2)cc1. The van der Waals surface area contributed by atoms with Crippen LogP contribution in [-0.2, 0) is 17.9 Å². The van der Waals surface area contributed by atoms with Gasteiger partial charge in [0.15, 0.2) is 5.75 Å². The van der Waals surface area contributed by atoms with Crippen LogP contribution in [0.4, 0.5) is 10.5 Å². The van der Waals surface area contributed by atoms with Crippen LogP contribution in [0.3, 0.4) is 0 Å². The van der Waals surface area contributed by atoms with Crippen LogP contribution in [0.5, 0.6) is 11.5 Å². The second kappa shape index (κ2) is 9.88. The largest absolute Gasteiger partial charge is 0.454 e. The number of benzene rings is 3. The highest BCUT2D eigenvalue weighted by atomic mass is 32.1. The maximum Gasteiger partial charge on any atom is 0.404 e. The van der Waals surface area contributed by atoms with Crippen molar-refractivity contribution in [1.82, 2.24) is 10.3 Å². The Hall–Kier alpha value is -4.70. The molecule has 4 aromatic rings. The molecule has 0 spiro atoms. The third kappa shape index (κ3) is 5.03. The summed E-state index contributed by atoms with van der Waals surface area (Å²) in [6.45, 7) is 0.405. The van der Waals surface area contributed by atoms with E-state index in [4.69, 9.17) is 15.2 Å². The lowest BCUT2D eigenvalue weighted by molar-refractivity contribution is 0.0950. The van der Waals surface area contributed by atoms with Crippen molar-refractivity contribution in [2.24, 2.45) is 5.73 Å². The molecule has 10 heteroatoms. The predicted molar refractivity (Wildman–Crippen MR) is 134 cm³/mol. The molecule has 3 amide bonds. The average molecular weight is 501 g/mol. The lowest BCUT2D eigenvalue weighted by atomic mass is 10.1. The number of nitrogens with one attached hydrogen (secondary N) is 2. The van der Waals surface area contributed by atoms with Crippen LogP contribution >= 0.6 is 11.3 Å². The topological polar surface area (TPSA) is 133 Å². The van der Waals surface area contributed by atoms with Crippen LogP contribution in [0.2, 0.25) is 0 Å². The molecular formula is C26H20N4O5S. The molecule has 0 unspecified atom stereocenters. The van der Waals surface area contributed by atoms with E-state index in [0.717, 1.165) is 21.0 Å². The third-order valence-corrected chi connectivity index (χ3v) is 6.45. The summed E-state index contributed by atoms with van der Waals surface area (Å²) in [7, 11) is 0. The molecule has 1 aliphatic rings. The second-order valence-corrected chi connectivity index (χ2v) is 9.00. The quantitative estimate of drug-likeness (QED) is 0.352. The summed E-state index contributed by atoms with van der Waals surface area (Å²) < 4.78 is 10.6. The first-order valence-corrected chi connectivity index (χ1v) is 11.7. The molecule has 0 saturated carbocycles. The zero-order valence-corrected chi connectivity index (χ0v) is 19.6. The molecule has 0 saturated heterocycles. The van der Waals surface area contributed by atoms with E-state index in [1.807, 2.05) is 24.3 Å². The number of amides is 3. The maximum atomic E-state index is 12.8. The summed E-state index contributed by atoms with van der Waals surface area (Å²) >= 11 is 1.46. The van der Waals surface area contributed by atoms with E-state index >= 15 is 0 Å². The number of ether oxygens (including phenoxy) is 2. The number of nitrogens with zero attached hydrogens (tertiary/aromatic N) is 1. The fourth-order valence-corrected chi connectivity index (χ4v) is 4.46. The Morgan fingerprint density at radius 2 is 1.86 bits per heavy atom. The lowest BCUT2D eigenvalue weighted by Gasteiger charge is -2.10. The Morgan fingerprint density at radius 1 is 1.06 bits per heavy atom. The van der Waals surface area contributed by atoms with Crippen LogP contribution in [0.25, 0.3) is 10.6 Å². The van der Waals surface area contributed by atoms with E-state index in [1.54, 1.807) is 48.7 Å². The first kappa shape index (κ1) is 23.1. The molecule has 0 bridgehead atoms. The summed E-state index contributed by atoms with van der Waals surface area (Å²) in [5.74, 6) is 0.333. The van der Waals surface area contributed by atoms with E-state index < -0.39 is 6.09 Å². The Kier molecular flexibility index (Phi) is 6.33. The number of carbonyl (C=O) groups is 3. The highest BCUT2D eigenvalue weighted by Gasteiger charge is 2.21. The molecular weight excluding hydrogens is 480 g/mol. The van der Waals surface area contributed by atoms with Gasteiger partial charge in [0.05, 0.1) is 17.8 Å². The molecule has 4 N–H and O–H groups in total. The third-order valence-electron chi connectivity index (χ3n) is 5.40. The van der Waals surface area contributed by atoms with E-state index in [-0.39, 0.29) is 18.4 Å². The van der Waals surface area contributed by atoms with Crippen molar-refractivity contribution in [3.8, 4) is 22.1 Å². The minimum absolute atomic E-state index is 0.107. The van der Waals surface area contributed by atoms with Gasteiger partial charge in [-0.1, -0.05) is 36.4 Å². The summed E-state index contributed by atoms with van der Waals surface area (Å²) in [6.07, 6.45) is 0.896. The van der Waals surface area contributed by atoms with Gasteiger partial charge in [-0.25, -0.2) is 9.78 Å². The summed E-state index contributed by atoms with van der Waals surface area (Å²) in [4.78, 5) is 41.4. The standard InChI is InChI=1S/C26H20N4O5S/c27-26(33)34-14-15-5-7-16(8-6-15)25-29-13-18(36-25)12-28-23(31)17-9-10-22-20(11-17)30-24(32)19-3-1-2-4-21(19)35-22/h1-11,13H,12,14H2,(H2,27,33)(H,28,31)(H,30,32). The zero-order valence-electron chi connectivity index (χ0n) is 18.8. The van der Waals surface area contributed by atoms with Crippen molar-refractivity contribution in [3.05, 3.63) is 94.5 Å². The molecule has 0 radical (unpaired) electrons. The number of anilines is 1. The summed E-state index contributed by atoms with van der Waals surface area (Å²) in [5, 5.41) is 6.49. The van der Waals surface area contributed by atoms with E-state index in [9.17, 15) is 14.4 Å². The number of thiazole rings is 1. The van der Waals surface area contributed by atoms with Crippen molar-refractivity contribution >= 4 is 34.9 Å².